The van der Waals surface area contributed by atoms with E-state index in [1.165, 1.54) is 0 Å². The largest absolute Gasteiger partial charge is 0.297 e. The molecule has 0 spiro atoms. The second-order valence-electron chi connectivity index (χ2n) is 3.09. The fraction of sp³-hybridized carbons (Fsp3) is 1.00. The highest BCUT2D eigenvalue weighted by molar-refractivity contribution is 7.91. The topological polar surface area (TPSA) is 37.1 Å². The summed E-state index contributed by atoms with van der Waals surface area (Å²) in [4.78, 5) is 2.23. The van der Waals surface area contributed by atoms with Crippen molar-refractivity contribution in [3.05, 3.63) is 0 Å². The van der Waals surface area contributed by atoms with E-state index in [4.69, 9.17) is 0 Å². The number of rotatable bonds is 1. The van der Waals surface area contributed by atoms with Gasteiger partial charge in [-0.05, 0) is 6.42 Å². The van der Waals surface area contributed by atoms with E-state index in [-0.39, 0.29) is 0 Å². The second kappa shape index (κ2) is 1.95. The molecule has 1 unspecified atom stereocenters. The maximum Gasteiger partial charge on any atom is 0.151 e. The Morgan fingerprint density at radius 1 is 1.30 bits per heavy atom. The zero-order valence-electron chi connectivity index (χ0n) is 5.78. The predicted molar refractivity (Wildman–Crippen MR) is 38.6 cm³/mol. The van der Waals surface area contributed by atoms with E-state index in [2.05, 4.69) is 4.90 Å². The smallest absolute Gasteiger partial charge is 0.151 e. The Balaban J connectivity index is 2.05. The van der Waals surface area contributed by atoms with Gasteiger partial charge >= 0.3 is 0 Å². The average Bonchev–Trinajstić information content (AvgIpc) is 2.59. The van der Waals surface area contributed by atoms with Gasteiger partial charge < -0.3 is 0 Å². The zero-order valence-corrected chi connectivity index (χ0v) is 6.60. The molecule has 58 valence electrons. The zero-order chi connectivity index (χ0) is 7.19. The van der Waals surface area contributed by atoms with Crippen molar-refractivity contribution < 1.29 is 8.42 Å². The van der Waals surface area contributed by atoms with Crippen LogP contribution in [0.2, 0.25) is 0 Å². The summed E-state index contributed by atoms with van der Waals surface area (Å²) in [6, 6.07) is 0.366. The van der Waals surface area contributed by atoms with E-state index in [9.17, 15) is 8.42 Å². The number of hydrogen-bond donors (Lipinski definition) is 0. The monoisotopic (exact) mass is 161 g/mol. The standard InChI is InChI=1S/C6H11NO2S/c8-10(9)4-1-6(5-10)7-2-3-7/h6H,1-5H2. The molecule has 0 aromatic rings. The van der Waals surface area contributed by atoms with Crippen LogP contribution in [0.25, 0.3) is 0 Å². The summed E-state index contributed by atoms with van der Waals surface area (Å²) in [5, 5.41) is 0. The lowest BCUT2D eigenvalue weighted by molar-refractivity contribution is 0.435. The maximum absolute atomic E-state index is 10.9. The Hall–Kier alpha value is -0.0900. The molecule has 0 saturated carbocycles. The van der Waals surface area contributed by atoms with Crippen LogP contribution >= 0.6 is 0 Å². The van der Waals surface area contributed by atoms with E-state index in [0.29, 0.717) is 17.5 Å². The Morgan fingerprint density at radius 2 is 2.00 bits per heavy atom. The molecule has 0 aromatic heterocycles. The molecule has 4 heteroatoms. The molecule has 0 N–H and O–H groups in total. The van der Waals surface area contributed by atoms with E-state index in [1.807, 2.05) is 0 Å². The summed E-state index contributed by atoms with van der Waals surface area (Å²) < 4.78 is 21.9. The Bertz CT molecular complexity index is 230. The summed E-state index contributed by atoms with van der Waals surface area (Å²) in [7, 11) is -2.64. The first-order valence-electron chi connectivity index (χ1n) is 3.62. The first-order valence-corrected chi connectivity index (χ1v) is 5.44. The van der Waals surface area contributed by atoms with Gasteiger partial charge in [-0.2, -0.15) is 0 Å². The predicted octanol–water partition coefficient (Wildman–Crippen LogP) is -0.511. The van der Waals surface area contributed by atoms with Gasteiger partial charge in [0.25, 0.3) is 0 Å². The van der Waals surface area contributed by atoms with E-state index < -0.39 is 9.84 Å². The fourth-order valence-corrected chi connectivity index (χ4v) is 3.25. The highest BCUT2D eigenvalue weighted by Gasteiger charge is 2.36. The summed E-state index contributed by atoms with van der Waals surface area (Å²) >= 11 is 0. The van der Waals surface area contributed by atoms with Crippen molar-refractivity contribution in [3.63, 3.8) is 0 Å². The molecule has 0 amide bonds. The molecule has 0 aromatic carbocycles. The van der Waals surface area contributed by atoms with Crippen molar-refractivity contribution in [2.24, 2.45) is 0 Å². The van der Waals surface area contributed by atoms with Crippen molar-refractivity contribution >= 4 is 9.84 Å². The van der Waals surface area contributed by atoms with Crippen LogP contribution in [-0.2, 0) is 9.84 Å². The molecule has 0 aliphatic carbocycles. The molecule has 2 aliphatic rings. The van der Waals surface area contributed by atoms with Crippen LogP contribution in [-0.4, -0.2) is 44.0 Å². The van der Waals surface area contributed by atoms with Crippen molar-refractivity contribution in [2.45, 2.75) is 12.5 Å². The molecule has 2 fully saturated rings. The van der Waals surface area contributed by atoms with Gasteiger partial charge in [0, 0.05) is 19.1 Å². The van der Waals surface area contributed by atoms with E-state index in [0.717, 1.165) is 19.5 Å². The third-order valence-corrected chi connectivity index (χ3v) is 3.96. The highest BCUT2D eigenvalue weighted by Crippen LogP contribution is 2.22. The van der Waals surface area contributed by atoms with Crippen molar-refractivity contribution in [1.29, 1.82) is 0 Å². The molecule has 2 saturated heterocycles. The van der Waals surface area contributed by atoms with Crippen LogP contribution in [0.4, 0.5) is 0 Å². The molecule has 2 heterocycles. The molecular formula is C6H11NO2S. The van der Waals surface area contributed by atoms with Crippen LogP contribution in [0, 0.1) is 0 Å². The second-order valence-corrected chi connectivity index (χ2v) is 5.32. The van der Waals surface area contributed by atoms with Crippen LogP contribution < -0.4 is 0 Å². The maximum atomic E-state index is 10.9. The summed E-state index contributed by atoms with van der Waals surface area (Å²) in [5.74, 6) is 0.821. The highest BCUT2D eigenvalue weighted by atomic mass is 32.2. The quantitative estimate of drug-likeness (QED) is 0.486. The normalized spacial score (nSPS) is 38.2. The van der Waals surface area contributed by atoms with Crippen molar-refractivity contribution in [3.8, 4) is 0 Å². The van der Waals surface area contributed by atoms with E-state index >= 15 is 0 Å². The van der Waals surface area contributed by atoms with Crippen LogP contribution in [0.1, 0.15) is 6.42 Å². The fourth-order valence-electron chi connectivity index (χ4n) is 1.49. The van der Waals surface area contributed by atoms with Crippen molar-refractivity contribution in [1.82, 2.24) is 4.90 Å². The van der Waals surface area contributed by atoms with Gasteiger partial charge in [0.1, 0.15) is 0 Å². The van der Waals surface area contributed by atoms with Crippen LogP contribution in [0.3, 0.4) is 0 Å². The third kappa shape index (κ3) is 1.18. The third-order valence-electron chi connectivity index (χ3n) is 2.21. The first-order chi connectivity index (χ1) is 4.67. The number of nitrogens with zero attached hydrogens (tertiary/aromatic N) is 1. The number of sulfone groups is 1. The molecule has 1 atom stereocenters. The minimum Gasteiger partial charge on any atom is -0.297 e. The average molecular weight is 161 g/mol. The number of hydrogen-bond acceptors (Lipinski definition) is 3. The van der Waals surface area contributed by atoms with Crippen LogP contribution in [0.5, 0.6) is 0 Å². The van der Waals surface area contributed by atoms with E-state index in [1.54, 1.807) is 0 Å². The van der Waals surface area contributed by atoms with Gasteiger partial charge in [-0.15, -0.1) is 0 Å². The molecule has 0 bridgehead atoms. The summed E-state index contributed by atoms with van der Waals surface area (Å²) in [6.45, 7) is 2.22. The Kier molecular flexibility index (Phi) is 1.29. The van der Waals surface area contributed by atoms with Gasteiger partial charge in [-0.3, -0.25) is 4.90 Å². The van der Waals surface area contributed by atoms with Gasteiger partial charge in [0.05, 0.1) is 11.5 Å². The lowest BCUT2D eigenvalue weighted by Gasteiger charge is -2.05. The van der Waals surface area contributed by atoms with Gasteiger partial charge in [-0.25, -0.2) is 8.42 Å². The minimum atomic E-state index is -2.64. The van der Waals surface area contributed by atoms with Gasteiger partial charge in [-0.1, -0.05) is 0 Å². The molecular weight excluding hydrogens is 150 g/mol. The molecule has 2 aliphatic heterocycles. The molecule has 0 radical (unpaired) electrons. The lowest BCUT2D eigenvalue weighted by atomic mass is 10.3. The SMILES string of the molecule is O=S1(=O)CCC(N2CC2)C1. The summed E-state index contributed by atoms with van der Waals surface area (Å²) in [6.07, 6.45) is 0.863. The van der Waals surface area contributed by atoms with Gasteiger partial charge in [0.15, 0.2) is 9.84 Å². The molecule has 3 nitrogen and oxygen atoms in total. The molecule has 10 heavy (non-hydrogen) atoms. The summed E-state index contributed by atoms with van der Waals surface area (Å²) in [5.41, 5.74) is 0. The van der Waals surface area contributed by atoms with Gasteiger partial charge in [0.2, 0.25) is 0 Å². The van der Waals surface area contributed by atoms with Crippen LogP contribution in [0.15, 0.2) is 0 Å². The first kappa shape index (κ1) is 6.61. The molecule has 2 rings (SSSR count). The minimum absolute atomic E-state index is 0.366. The Morgan fingerprint density at radius 3 is 2.40 bits per heavy atom. The lowest BCUT2D eigenvalue weighted by Crippen LogP contribution is -2.19. The van der Waals surface area contributed by atoms with Crippen molar-refractivity contribution in [2.75, 3.05) is 24.6 Å². The Labute approximate surface area is 60.9 Å².